The van der Waals surface area contributed by atoms with Crippen molar-refractivity contribution in [3.8, 4) is 0 Å². The number of nitrogens with two attached hydrogens (primary N) is 1. The summed E-state index contributed by atoms with van der Waals surface area (Å²) in [4.78, 5) is 3.91. The maximum Gasteiger partial charge on any atom is 0.361 e. The van der Waals surface area contributed by atoms with Gasteiger partial charge in [-0.1, -0.05) is 0 Å². The first-order chi connectivity index (χ1) is 4.34. The van der Waals surface area contributed by atoms with Crippen molar-refractivity contribution in [1.29, 1.82) is 0 Å². The van der Waals surface area contributed by atoms with Crippen LogP contribution < -0.4 is 5.14 Å². The summed E-state index contributed by atoms with van der Waals surface area (Å²) in [5.41, 5.74) is 0. The van der Waals surface area contributed by atoms with E-state index in [1.54, 1.807) is 0 Å². The molecule has 0 spiro atoms. The summed E-state index contributed by atoms with van der Waals surface area (Å²) < 4.78 is 0. The van der Waals surface area contributed by atoms with Crippen molar-refractivity contribution >= 4 is 11.1 Å². The molecular formula is C4H9N4S+. The molecule has 0 aliphatic carbocycles. The van der Waals surface area contributed by atoms with Crippen LogP contribution in [0.2, 0.25) is 0 Å². The third-order valence-corrected chi connectivity index (χ3v) is 2.27. The van der Waals surface area contributed by atoms with Crippen LogP contribution in [0.3, 0.4) is 0 Å². The summed E-state index contributed by atoms with van der Waals surface area (Å²) in [6.07, 6.45) is 1.47. The Labute approximate surface area is 56.3 Å². The Kier molecular flexibility index (Phi) is 2.07. The van der Waals surface area contributed by atoms with E-state index in [0.717, 1.165) is 10.9 Å². The van der Waals surface area contributed by atoms with E-state index in [1.807, 2.05) is 6.92 Å². The predicted octanol–water partition coefficient (Wildman–Crippen LogP) is -0.325. The second-order valence-electron chi connectivity index (χ2n) is 1.51. The van der Waals surface area contributed by atoms with E-state index in [1.165, 1.54) is 6.33 Å². The van der Waals surface area contributed by atoms with Gasteiger partial charge in [0.15, 0.2) is 0 Å². The minimum atomic E-state index is -0.238. The van der Waals surface area contributed by atoms with Gasteiger partial charge < -0.3 is 0 Å². The molecular weight excluding hydrogens is 136 g/mol. The molecule has 3 N–H and O–H groups in total. The second kappa shape index (κ2) is 2.84. The summed E-state index contributed by atoms with van der Waals surface area (Å²) in [5, 5.41) is 12.8. The number of hydrogen-bond donors (Lipinski definition) is 2. The maximum absolute atomic E-state index is 5.63. The standard InChI is InChI=1S/C4H9N4S/c1-2-9(5)4-6-3-7-8-4/h3H,2,5H2,1H3,(H,6,7,8)/q+1. The van der Waals surface area contributed by atoms with Gasteiger partial charge in [0.1, 0.15) is 23.2 Å². The minimum Gasteiger partial charge on any atom is -0.217 e. The molecule has 1 aromatic rings. The number of rotatable bonds is 2. The third kappa shape index (κ3) is 1.43. The maximum atomic E-state index is 5.63. The molecule has 50 valence electrons. The first-order valence-electron chi connectivity index (χ1n) is 2.65. The van der Waals surface area contributed by atoms with E-state index in [-0.39, 0.29) is 11.1 Å². The second-order valence-corrected chi connectivity index (χ2v) is 3.33. The minimum absolute atomic E-state index is 0.238. The van der Waals surface area contributed by atoms with Crippen molar-refractivity contribution in [2.75, 3.05) is 5.75 Å². The van der Waals surface area contributed by atoms with E-state index in [0.29, 0.717) is 0 Å². The molecule has 0 bridgehead atoms. The lowest BCUT2D eigenvalue weighted by molar-refractivity contribution is 0.964. The van der Waals surface area contributed by atoms with Crippen molar-refractivity contribution in [2.45, 2.75) is 12.1 Å². The Morgan fingerprint density at radius 1 is 1.89 bits per heavy atom. The first-order valence-corrected chi connectivity index (χ1v) is 4.11. The molecule has 1 unspecified atom stereocenters. The fraction of sp³-hybridized carbons (Fsp3) is 0.500. The molecule has 5 heteroatoms. The molecule has 1 aromatic heterocycles. The van der Waals surface area contributed by atoms with Crippen molar-refractivity contribution < 1.29 is 0 Å². The Morgan fingerprint density at radius 2 is 2.67 bits per heavy atom. The highest BCUT2D eigenvalue weighted by Gasteiger charge is 2.16. The lowest BCUT2D eigenvalue weighted by Gasteiger charge is -1.87. The monoisotopic (exact) mass is 145 g/mol. The topological polar surface area (TPSA) is 67.6 Å². The van der Waals surface area contributed by atoms with E-state index in [9.17, 15) is 0 Å². The van der Waals surface area contributed by atoms with Crippen LogP contribution in [0.4, 0.5) is 0 Å². The van der Waals surface area contributed by atoms with Crippen molar-refractivity contribution in [2.24, 2.45) is 5.14 Å². The third-order valence-electron chi connectivity index (χ3n) is 0.952. The van der Waals surface area contributed by atoms with Gasteiger partial charge in [-0.25, -0.2) is 5.10 Å². The van der Waals surface area contributed by atoms with E-state index < -0.39 is 0 Å². The zero-order chi connectivity index (χ0) is 6.69. The number of H-pyrrole nitrogens is 1. The number of aromatic nitrogens is 3. The number of nitrogens with zero attached hydrogens (tertiary/aromatic N) is 2. The van der Waals surface area contributed by atoms with Crippen LogP contribution in [-0.2, 0) is 11.1 Å². The molecule has 1 atom stereocenters. The Bertz CT molecular complexity index is 161. The molecule has 0 fully saturated rings. The van der Waals surface area contributed by atoms with Crippen LogP contribution in [0.15, 0.2) is 11.5 Å². The van der Waals surface area contributed by atoms with Gasteiger partial charge in [-0.3, -0.25) is 0 Å². The first kappa shape index (κ1) is 6.57. The summed E-state index contributed by atoms with van der Waals surface area (Å²) >= 11 is -0.238. The smallest absolute Gasteiger partial charge is 0.217 e. The van der Waals surface area contributed by atoms with Gasteiger partial charge in [0, 0.05) is 0 Å². The highest BCUT2D eigenvalue weighted by atomic mass is 32.2. The van der Waals surface area contributed by atoms with E-state index in [4.69, 9.17) is 5.14 Å². The summed E-state index contributed by atoms with van der Waals surface area (Å²) in [5.74, 6) is 0.912. The molecule has 9 heavy (non-hydrogen) atoms. The summed E-state index contributed by atoms with van der Waals surface area (Å²) in [7, 11) is 0. The van der Waals surface area contributed by atoms with Crippen LogP contribution in [0.25, 0.3) is 0 Å². The van der Waals surface area contributed by atoms with Crippen LogP contribution in [-0.4, -0.2) is 20.9 Å². The molecule has 1 rings (SSSR count). The molecule has 0 aliphatic rings. The van der Waals surface area contributed by atoms with Crippen LogP contribution >= 0.6 is 0 Å². The Balaban J connectivity index is 2.65. The molecule has 0 saturated heterocycles. The fourth-order valence-corrected chi connectivity index (χ4v) is 1.08. The Morgan fingerprint density at radius 3 is 3.11 bits per heavy atom. The van der Waals surface area contributed by atoms with E-state index in [2.05, 4.69) is 15.2 Å². The number of aromatic amines is 1. The van der Waals surface area contributed by atoms with Gasteiger partial charge >= 0.3 is 5.16 Å². The molecule has 0 aliphatic heterocycles. The Hall–Kier alpha value is -0.550. The largest absolute Gasteiger partial charge is 0.361 e. The van der Waals surface area contributed by atoms with Crippen LogP contribution in [0.1, 0.15) is 6.92 Å². The normalized spacial score (nSPS) is 13.6. The summed E-state index contributed by atoms with van der Waals surface area (Å²) in [6, 6.07) is 0. The molecule has 0 radical (unpaired) electrons. The number of nitrogens with one attached hydrogen (secondary N) is 1. The van der Waals surface area contributed by atoms with Gasteiger partial charge in [0.05, 0.1) is 0 Å². The fourth-order valence-electron chi connectivity index (χ4n) is 0.457. The highest BCUT2D eigenvalue weighted by molar-refractivity contribution is 7.94. The van der Waals surface area contributed by atoms with Gasteiger partial charge in [0.25, 0.3) is 0 Å². The van der Waals surface area contributed by atoms with Gasteiger partial charge in [-0.15, -0.1) is 5.14 Å². The zero-order valence-electron chi connectivity index (χ0n) is 5.16. The lowest BCUT2D eigenvalue weighted by Crippen LogP contribution is -2.17. The van der Waals surface area contributed by atoms with Gasteiger partial charge in [-0.05, 0) is 6.92 Å². The molecule has 0 saturated carbocycles. The quantitative estimate of drug-likeness (QED) is 0.560. The molecule has 4 nitrogen and oxygen atoms in total. The lowest BCUT2D eigenvalue weighted by atomic mass is 11.0. The van der Waals surface area contributed by atoms with Crippen molar-refractivity contribution in [1.82, 2.24) is 15.2 Å². The van der Waals surface area contributed by atoms with Gasteiger partial charge in [-0.2, -0.15) is 10.1 Å². The van der Waals surface area contributed by atoms with Gasteiger partial charge in [0.2, 0.25) is 0 Å². The van der Waals surface area contributed by atoms with Crippen LogP contribution in [0.5, 0.6) is 0 Å². The summed E-state index contributed by atoms with van der Waals surface area (Å²) in [6.45, 7) is 2.02. The molecule has 0 amide bonds. The molecule has 1 heterocycles. The molecule has 0 aromatic carbocycles. The highest BCUT2D eigenvalue weighted by Crippen LogP contribution is 1.96. The van der Waals surface area contributed by atoms with E-state index >= 15 is 0 Å². The van der Waals surface area contributed by atoms with Crippen molar-refractivity contribution in [3.63, 3.8) is 0 Å². The average Bonchev–Trinajstić information content (AvgIpc) is 2.37. The van der Waals surface area contributed by atoms with Crippen LogP contribution in [0, 0.1) is 0 Å². The zero-order valence-corrected chi connectivity index (χ0v) is 5.98. The number of hydrogen-bond acceptors (Lipinski definition) is 3. The average molecular weight is 145 g/mol. The predicted molar refractivity (Wildman–Crippen MR) is 36.7 cm³/mol. The van der Waals surface area contributed by atoms with Crippen molar-refractivity contribution in [3.05, 3.63) is 6.33 Å². The SMILES string of the molecule is CC[S+](N)c1ncn[nH]1.